The number of hydrogen-bond donors (Lipinski definition) is 3. The molecule has 0 bridgehead atoms. The van der Waals surface area contributed by atoms with Crippen LogP contribution in [0, 0.1) is 6.92 Å². The molecule has 4 N–H and O–H groups in total. The Kier molecular flexibility index (Phi) is 4.21. The highest BCUT2D eigenvalue weighted by molar-refractivity contribution is 7.10. The van der Waals surface area contributed by atoms with Gasteiger partial charge in [0.2, 0.25) is 0 Å². The molecule has 0 aliphatic heterocycles. The van der Waals surface area contributed by atoms with Gasteiger partial charge in [0.15, 0.2) is 5.69 Å². The van der Waals surface area contributed by atoms with Gasteiger partial charge in [0.05, 0.1) is 17.4 Å². The van der Waals surface area contributed by atoms with Gasteiger partial charge in [-0.15, -0.1) is 11.3 Å². The van der Waals surface area contributed by atoms with E-state index in [9.17, 15) is 4.79 Å². The molecule has 2 aromatic rings. The minimum Gasteiger partial charge on any atom is -0.395 e. The Morgan fingerprint density at radius 1 is 1.63 bits per heavy atom. The van der Waals surface area contributed by atoms with E-state index in [1.54, 1.807) is 18.3 Å². The summed E-state index contributed by atoms with van der Waals surface area (Å²) in [6, 6.07) is 4.04. The predicted octanol–water partition coefficient (Wildman–Crippen LogP) is 2.63. The molecule has 0 aliphatic rings. The molecular formula is C13H18N4OS. The quantitative estimate of drug-likeness (QED) is 0.786. The van der Waals surface area contributed by atoms with Crippen LogP contribution in [0.5, 0.6) is 0 Å². The van der Waals surface area contributed by atoms with Crippen molar-refractivity contribution in [2.45, 2.75) is 32.7 Å². The van der Waals surface area contributed by atoms with Gasteiger partial charge in [-0.25, -0.2) is 0 Å². The van der Waals surface area contributed by atoms with Crippen molar-refractivity contribution in [1.82, 2.24) is 15.5 Å². The van der Waals surface area contributed by atoms with Gasteiger partial charge < -0.3 is 11.1 Å². The molecule has 0 radical (unpaired) electrons. The highest BCUT2D eigenvalue weighted by Crippen LogP contribution is 2.24. The molecule has 0 aromatic carbocycles. The van der Waals surface area contributed by atoms with Crippen LogP contribution in [0.1, 0.15) is 46.9 Å². The summed E-state index contributed by atoms with van der Waals surface area (Å²) >= 11 is 1.64. The zero-order chi connectivity index (χ0) is 13.8. The molecule has 2 rings (SSSR count). The number of thiophene rings is 1. The third-order valence-corrected chi connectivity index (χ3v) is 3.96. The number of rotatable bonds is 5. The van der Waals surface area contributed by atoms with E-state index in [0.717, 1.165) is 17.7 Å². The minimum absolute atomic E-state index is 0.0221. The molecule has 2 heterocycles. The van der Waals surface area contributed by atoms with E-state index < -0.39 is 0 Å². The largest absolute Gasteiger partial charge is 0.395 e. The second-order valence-electron chi connectivity index (χ2n) is 4.44. The predicted molar refractivity (Wildman–Crippen MR) is 77.2 cm³/mol. The van der Waals surface area contributed by atoms with Crippen molar-refractivity contribution in [1.29, 1.82) is 0 Å². The molecule has 5 nitrogen and oxygen atoms in total. The summed E-state index contributed by atoms with van der Waals surface area (Å²) in [5.74, 6) is -0.228. The van der Waals surface area contributed by atoms with Crippen molar-refractivity contribution < 1.29 is 4.79 Å². The number of amides is 1. The SMILES string of the molecule is CCCC(NC(=O)c1n[nH]c(C)c1N)c1cccs1. The summed E-state index contributed by atoms with van der Waals surface area (Å²) in [6.07, 6.45) is 1.90. The van der Waals surface area contributed by atoms with Gasteiger partial charge in [0.25, 0.3) is 5.91 Å². The van der Waals surface area contributed by atoms with Gasteiger partial charge in [0, 0.05) is 4.88 Å². The van der Waals surface area contributed by atoms with Gasteiger partial charge in [-0.05, 0) is 24.8 Å². The minimum atomic E-state index is -0.228. The summed E-state index contributed by atoms with van der Waals surface area (Å²) in [5.41, 5.74) is 7.22. The smallest absolute Gasteiger partial charge is 0.274 e. The number of hydrogen-bond acceptors (Lipinski definition) is 4. The number of carbonyl (C=O) groups is 1. The number of aromatic amines is 1. The Morgan fingerprint density at radius 2 is 2.42 bits per heavy atom. The Hall–Kier alpha value is -1.82. The number of nitrogens with two attached hydrogens (primary N) is 1. The molecule has 6 heteroatoms. The first-order valence-corrected chi connectivity index (χ1v) is 7.16. The lowest BCUT2D eigenvalue weighted by atomic mass is 10.1. The monoisotopic (exact) mass is 278 g/mol. The van der Waals surface area contributed by atoms with E-state index in [2.05, 4.69) is 22.4 Å². The third-order valence-electron chi connectivity index (χ3n) is 2.98. The molecule has 0 spiro atoms. The van der Waals surface area contributed by atoms with Crippen LogP contribution in [-0.2, 0) is 0 Å². The molecule has 0 aliphatic carbocycles. The van der Waals surface area contributed by atoms with Crippen LogP contribution >= 0.6 is 11.3 Å². The molecule has 19 heavy (non-hydrogen) atoms. The van der Waals surface area contributed by atoms with Crippen molar-refractivity contribution >= 4 is 22.9 Å². The molecule has 1 amide bonds. The Morgan fingerprint density at radius 3 is 2.95 bits per heavy atom. The van der Waals surface area contributed by atoms with E-state index in [-0.39, 0.29) is 17.6 Å². The average molecular weight is 278 g/mol. The number of H-pyrrole nitrogens is 1. The number of nitrogen functional groups attached to an aromatic ring is 1. The normalized spacial score (nSPS) is 12.3. The molecule has 0 saturated heterocycles. The first-order valence-electron chi connectivity index (χ1n) is 6.28. The van der Waals surface area contributed by atoms with Gasteiger partial charge in [-0.1, -0.05) is 19.4 Å². The number of anilines is 1. The van der Waals surface area contributed by atoms with Crippen molar-refractivity contribution in [2.24, 2.45) is 0 Å². The fraction of sp³-hybridized carbons (Fsp3) is 0.385. The number of nitrogens with zero attached hydrogens (tertiary/aromatic N) is 1. The second kappa shape index (κ2) is 5.88. The first kappa shape index (κ1) is 13.6. The average Bonchev–Trinajstić information content (AvgIpc) is 3.01. The second-order valence-corrected chi connectivity index (χ2v) is 5.42. The topological polar surface area (TPSA) is 83.8 Å². The molecule has 1 unspecified atom stereocenters. The fourth-order valence-electron chi connectivity index (χ4n) is 1.90. The van der Waals surface area contributed by atoms with Crippen molar-refractivity contribution in [3.8, 4) is 0 Å². The lowest BCUT2D eigenvalue weighted by molar-refractivity contribution is 0.0931. The Balaban J connectivity index is 2.13. The maximum Gasteiger partial charge on any atom is 0.274 e. The van der Waals surface area contributed by atoms with Gasteiger partial charge in [-0.2, -0.15) is 5.10 Å². The lowest BCUT2D eigenvalue weighted by Crippen LogP contribution is -2.28. The van der Waals surface area contributed by atoms with Gasteiger partial charge in [0.1, 0.15) is 0 Å². The zero-order valence-corrected chi connectivity index (χ0v) is 11.9. The molecule has 2 aromatic heterocycles. The van der Waals surface area contributed by atoms with E-state index in [1.807, 2.05) is 17.5 Å². The number of aromatic nitrogens is 2. The summed E-state index contributed by atoms with van der Waals surface area (Å²) in [6.45, 7) is 3.89. The molecule has 102 valence electrons. The Labute approximate surface area is 116 Å². The van der Waals surface area contributed by atoms with Crippen molar-refractivity contribution in [3.63, 3.8) is 0 Å². The lowest BCUT2D eigenvalue weighted by Gasteiger charge is -2.16. The van der Waals surface area contributed by atoms with Crippen LogP contribution in [0.2, 0.25) is 0 Å². The Bertz CT molecular complexity index is 547. The van der Waals surface area contributed by atoms with Crippen LogP contribution in [-0.4, -0.2) is 16.1 Å². The maximum atomic E-state index is 12.2. The third kappa shape index (κ3) is 2.96. The van der Waals surface area contributed by atoms with Crippen molar-refractivity contribution in [3.05, 3.63) is 33.8 Å². The highest BCUT2D eigenvalue weighted by atomic mass is 32.1. The van der Waals surface area contributed by atoms with Crippen molar-refractivity contribution in [2.75, 3.05) is 5.73 Å². The number of carbonyl (C=O) groups excluding carboxylic acids is 1. The molecule has 0 fully saturated rings. The van der Waals surface area contributed by atoms with E-state index in [0.29, 0.717) is 11.4 Å². The molecule has 1 atom stereocenters. The first-order chi connectivity index (χ1) is 9.13. The fourth-order valence-corrected chi connectivity index (χ4v) is 2.71. The van der Waals surface area contributed by atoms with Crippen LogP contribution < -0.4 is 11.1 Å². The van der Waals surface area contributed by atoms with Crippen LogP contribution in [0.25, 0.3) is 0 Å². The van der Waals surface area contributed by atoms with Crippen LogP contribution in [0.4, 0.5) is 5.69 Å². The highest BCUT2D eigenvalue weighted by Gasteiger charge is 2.20. The van der Waals surface area contributed by atoms with Gasteiger partial charge in [-0.3, -0.25) is 9.89 Å². The standard InChI is InChI=1S/C13H18N4OS/c1-3-5-9(10-6-4-7-19-10)15-13(18)12-11(14)8(2)16-17-12/h4,6-7,9H,3,5,14H2,1-2H3,(H,15,18)(H,16,17). The summed E-state index contributed by atoms with van der Waals surface area (Å²) in [5, 5.41) is 11.7. The van der Waals surface area contributed by atoms with E-state index >= 15 is 0 Å². The van der Waals surface area contributed by atoms with E-state index in [4.69, 9.17) is 5.73 Å². The molecular weight excluding hydrogens is 260 g/mol. The van der Waals surface area contributed by atoms with Crippen LogP contribution in [0.15, 0.2) is 17.5 Å². The summed E-state index contributed by atoms with van der Waals surface area (Å²) in [7, 11) is 0. The molecule has 0 saturated carbocycles. The summed E-state index contributed by atoms with van der Waals surface area (Å²) in [4.78, 5) is 13.3. The maximum absolute atomic E-state index is 12.2. The number of nitrogens with one attached hydrogen (secondary N) is 2. The van der Waals surface area contributed by atoms with E-state index in [1.165, 1.54) is 0 Å². The zero-order valence-electron chi connectivity index (χ0n) is 11.1. The van der Waals surface area contributed by atoms with Gasteiger partial charge >= 0.3 is 0 Å². The summed E-state index contributed by atoms with van der Waals surface area (Å²) < 4.78 is 0. The number of aryl methyl sites for hydroxylation is 1. The van der Waals surface area contributed by atoms with Crippen LogP contribution in [0.3, 0.4) is 0 Å².